The third-order valence-electron chi connectivity index (χ3n) is 3.40. The van der Waals surface area contributed by atoms with Crippen LogP contribution in [0.1, 0.15) is 31.4 Å². The monoisotopic (exact) mass is 244 g/mol. The Bertz CT molecular complexity index is 640. The first-order valence-corrected chi connectivity index (χ1v) is 6.28. The molecule has 0 aliphatic carbocycles. The maximum absolute atomic E-state index is 11.7. The van der Waals surface area contributed by atoms with Gasteiger partial charge in [0.15, 0.2) is 0 Å². The highest BCUT2D eigenvalue weighted by molar-refractivity contribution is 5.78. The number of aromatic nitrogens is 3. The molecule has 0 fully saturated rings. The second-order valence-corrected chi connectivity index (χ2v) is 4.57. The molecule has 1 atom stereocenters. The third-order valence-corrected chi connectivity index (χ3v) is 3.40. The van der Waals surface area contributed by atoms with Crippen molar-refractivity contribution < 1.29 is 0 Å². The zero-order chi connectivity index (χ0) is 12.5. The fourth-order valence-corrected chi connectivity index (χ4v) is 2.58. The largest absolute Gasteiger partial charge is 0.370 e. The summed E-state index contributed by atoms with van der Waals surface area (Å²) in [5, 5.41) is 0. The van der Waals surface area contributed by atoms with Crippen LogP contribution in [0, 0.1) is 0 Å². The van der Waals surface area contributed by atoms with Gasteiger partial charge in [0.1, 0.15) is 11.0 Å². The van der Waals surface area contributed by atoms with Crippen LogP contribution in [0.5, 0.6) is 0 Å². The first-order valence-electron chi connectivity index (χ1n) is 6.28. The number of hydrogen-bond acceptors (Lipinski definition) is 3. The molecule has 5 heteroatoms. The Hall–Kier alpha value is -2.04. The molecular weight excluding hydrogens is 228 g/mol. The van der Waals surface area contributed by atoms with Gasteiger partial charge >= 0.3 is 0 Å². The first kappa shape index (κ1) is 11.1. The van der Waals surface area contributed by atoms with Crippen LogP contribution in [0.4, 0.5) is 0 Å². The molecule has 0 bridgehead atoms. The number of aromatic amines is 2. The van der Waals surface area contributed by atoms with Crippen molar-refractivity contribution in [3.63, 3.8) is 0 Å². The normalized spacial score (nSPS) is 18.9. The summed E-state index contributed by atoms with van der Waals surface area (Å²) in [5.74, 6) is 0. The van der Waals surface area contributed by atoms with Gasteiger partial charge in [-0.1, -0.05) is 13.0 Å². The van der Waals surface area contributed by atoms with E-state index in [4.69, 9.17) is 0 Å². The maximum atomic E-state index is 11.7. The van der Waals surface area contributed by atoms with Crippen LogP contribution in [0.25, 0.3) is 11.0 Å². The second-order valence-electron chi connectivity index (χ2n) is 4.57. The summed E-state index contributed by atoms with van der Waals surface area (Å²) in [7, 11) is 0. The predicted molar refractivity (Wildman–Crippen MR) is 70.2 cm³/mol. The average molecular weight is 244 g/mol. The lowest BCUT2D eigenvalue weighted by Gasteiger charge is -2.24. The predicted octanol–water partition coefficient (Wildman–Crippen LogP) is 1.92. The summed E-state index contributed by atoms with van der Waals surface area (Å²) in [6.45, 7) is 3.19. The van der Waals surface area contributed by atoms with Crippen molar-refractivity contribution in [1.29, 1.82) is 0 Å². The summed E-state index contributed by atoms with van der Waals surface area (Å²) in [5.41, 5.74) is 2.35. The number of nitrogens with zero attached hydrogens (tertiary/aromatic N) is 2. The summed E-state index contributed by atoms with van der Waals surface area (Å²) >= 11 is 0. The Morgan fingerprint density at radius 1 is 1.50 bits per heavy atom. The highest BCUT2D eigenvalue weighted by Crippen LogP contribution is 2.32. The molecular formula is C13H16N4O. The molecule has 3 heterocycles. The molecule has 2 aromatic rings. The Kier molecular flexibility index (Phi) is 2.66. The average Bonchev–Trinajstić information content (AvgIpc) is 2.96. The van der Waals surface area contributed by atoms with E-state index in [1.807, 2.05) is 6.20 Å². The Morgan fingerprint density at radius 3 is 3.22 bits per heavy atom. The van der Waals surface area contributed by atoms with Gasteiger partial charge in [0.25, 0.3) is 5.56 Å². The van der Waals surface area contributed by atoms with Crippen molar-refractivity contribution >= 4 is 11.0 Å². The zero-order valence-electron chi connectivity index (χ0n) is 10.3. The lowest BCUT2D eigenvalue weighted by atomic mass is 10.1. The van der Waals surface area contributed by atoms with E-state index in [2.05, 4.69) is 39.1 Å². The minimum atomic E-state index is -0.112. The van der Waals surface area contributed by atoms with Gasteiger partial charge in [0.2, 0.25) is 0 Å². The molecule has 0 aromatic carbocycles. The smallest absolute Gasteiger partial charge is 0.275 e. The van der Waals surface area contributed by atoms with E-state index in [0.717, 1.165) is 30.5 Å². The third kappa shape index (κ3) is 1.63. The molecule has 94 valence electrons. The molecule has 0 spiro atoms. The molecule has 1 aliphatic heterocycles. The van der Waals surface area contributed by atoms with Crippen molar-refractivity contribution in [2.45, 2.75) is 25.8 Å². The van der Waals surface area contributed by atoms with Crippen molar-refractivity contribution in [1.82, 2.24) is 19.9 Å². The van der Waals surface area contributed by atoms with Crippen LogP contribution in [-0.2, 0) is 0 Å². The summed E-state index contributed by atoms with van der Waals surface area (Å²) in [6, 6.07) is 0.299. The lowest BCUT2D eigenvalue weighted by Crippen LogP contribution is -2.20. The molecule has 18 heavy (non-hydrogen) atoms. The zero-order valence-corrected chi connectivity index (χ0v) is 10.3. The SMILES string of the molecule is CCCN1C=CC[C@@H]1c1c[nH]c2c(=O)[nH]cnc12. The topological polar surface area (TPSA) is 64.8 Å². The Balaban J connectivity index is 2.05. The van der Waals surface area contributed by atoms with Gasteiger partial charge in [-0.3, -0.25) is 4.79 Å². The highest BCUT2D eigenvalue weighted by Gasteiger charge is 2.24. The minimum Gasteiger partial charge on any atom is -0.370 e. The van der Waals surface area contributed by atoms with E-state index < -0.39 is 0 Å². The van der Waals surface area contributed by atoms with Gasteiger partial charge in [-0.15, -0.1) is 0 Å². The molecule has 0 radical (unpaired) electrons. The van der Waals surface area contributed by atoms with Crippen LogP contribution < -0.4 is 5.56 Å². The van der Waals surface area contributed by atoms with Gasteiger partial charge in [-0.25, -0.2) is 4.98 Å². The number of hydrogen-bond donors (Lipinski definition) is 2. The Morgan fingerprint density at radius 2 is 2.39 bits per heavy atom. The van der Waals surface area contributed by atoms with Crippen molar-refractivity contribution in [2.75, 3.05) is 6.54 Å². The van der Waals surface area contributed by atoms with Crippen molar-refractivity contribution in [2.24, 2.45) is 0 Å². The molecule has 0 amide bonds. The quantitative estimate of drug-likeness (QED) is 0.867. The van der Waals surface area contributed by atoms with Gasteiger partial charge in [-0.2, -0.15) is 0 Å². The van der Waals surface area contributed by atoms with Crippen LogP contribution in [0.2, 0.25) is 0 Å². The van der Waals surface area contributed by atoms with Gasteiger partial charge in [-0.05, 0) is 19.0 Å². The molecule has 2 aromatic heterocycles. The van der Waals surface area contributed by atoms with Crippen LogP contribution >= 0.6 is 0 Å². The van der Waals surface area contributed by atoms with E-state index in [1.54, 1.807) is 0 Å². The molecule has 0 saturated heterocycles. The first-order chi connectivity index (χ1) is 8.81. The number of H-pyrrole nitrogens is 2. The number of rotatable bonds is 3. The van der Waals surface area contributed by atoms with Crippen molar-refractivity contribution in [3.05, 3.63) is 40.7 Å². The van der Waals surface area contributed by atoms with Crippen LogP contribution in [-0.4, -0.2) is 26.4 Å². The lowest BCUT2D eigenvalue weighted by molar-refractivity contribution is 0.306. The molecule has 2 N–H and O–H groups in total. The van der Waals surface area contributed by atoms with Gasteiger partial charge in [0, 0.05) is 18.3 Å². The van der Waals surface area contributed by atoms with Gasteiger partial charge < -0.3 is 14.9 Å². The standard InChI is InChI=1S/C13H16N4O/c1-2-5-17-6-3-4-10(17)9-7-14-12-11(9)15-8-16-13(12)18/h3,6-8,10,14H,2,4-5H2,1H3,(H,15,16,18)/t10-/m1/s1. The van der Waals surface area contributed by atoms with E-state index in [0.29, 0.717) is 11.6 Å². The fourth-order valence-electron chi connectivity index (χ4n) is 2.58. The Labute approximate surface area is 105 Å². The number of nitrogens with one attached hydrogen (secondary N) is 2. The number of fused-ring (bicyclic) bond motifs is 1. The summed E-state index contributed by atoms with van der Waals surface area (Å²) < 4.78 is 0. The highest BCUT2D eigenvalue weighted by atomic mass is 16.1. The van der Waals surface area contributed by atoms with E-state index >= 15 is 0 Å². The molecule has 3 rings (SSSR count). The molecule has 5 nitrogen and oxygen atoms in total. The summed E-state index contributed by atoms with van der Waals surface area (Å²) in [6.07, 6.45) is 9.77. The second kappa shape index (κ2) is 4.33. The fraction of sp³-hybridized carbons (Fsp3) is 0.385. The molecule has 1 aliphatic rings. The minimum absolute atomic E-state index is 0.112. The van der Waals surface area contributed by atoms with Crippen LogP contribution in [0.3, 0.4) is 0 Å². The van der Waals surface area contributed by atoms with E-state index in [-0.39, 0.29) is 5.56 Å². The van der Waals surface area contributed by atoms with Crippen LogP contribution in [0.15, 0.2) is 29.6 Å². The van der Waals surface area contributed by atoms with E-state index in [9.17, 15) is 4.79 Å². The van der Waals surface area contributed by atoms with E-state index in [1.165, 1.54) is 6.33 Å². The van der Waals surface area contributed by atoms with Gasteiger partial charge in [0.05, 0.1) is 12.4 Å². The van der Waals surface area contributed by atoms with Crippen molar-refractivity contribution in [3.8, 4) is 0 Å². The summed E-state index contributed by atoms with van der Waals surface area (Å²) in [4.78, 5) is 23.9. The molecule has 0 saturated carbocycles. The maximum Gasteiger partial charge on any atom is 0.275 e. The molecule has 0 unspecified atom stereocenters.